The molecule has 0 unspecified atom stereocenters. The summed E-state index contributed by atoms with van der Waals surface area (Å²) in [5.74, 6) is 0. The lowest BCUT2D eigenvalue weighted by atomic mass is 10.2. The highest BCUT2D eigenvalue weighted by Gasteiger charge is 2.11. The largest absolute Gasteiger partial charge is 0.312 e. The molecule has 2 heterocycles. The molecule has 2 aromatic heterocycles. The number of aryl methyl sites for hydroxylation is 1. The lowest BCUT2D eigenvalue weighted by Gasteiger charge is -1.96. The van der Waals surface area contributed by atoms with Crippen LogP contribution in [0, 0.1) is 6.92 Å². The lowest BCUT2D eigenvalue weighted by molar-refractivity contribution is 1.18. The Morgan fingerprint density at radius 2 is 2.19 bits per heavy atom. The van der Waals surface area contributed by atoms with Crippen LogP contribution in [0.1, 0.15) is 5.56 Å². The van der Waals surface area contributed by atoms with Crippen LogP contribution in [-0.4, -0.2) is 9.97 Å². The van der Waals surface area contributed by atoms with Crippen molar-refractivity contribution in [3.8, 4) is 0 Å². The second kappa shape index (κ2) is 3.40. The van der Waals surface area contributed by atoms with Crippen molar-refractivity contribution in [3.63, 3.8) is 0 Å². The van der Waals surface area contributed by atoms with E-state index < -0.39 is 0 Å². The Kier molecular flexibility index (Phi) is 2.12. The zero-order valence-corrected chi connectivity index (χ0v) is 10.8. The molecule has 0 amide bonds. The minimum Gasteiger partial charge on any atom is -0.312 e. The highest BCUT2D eigenvalue weighted by molar-refractivity contribution is 9.10. The van der Waals surface area contributed by atoms with Gasteiger partial charge in [0.1, 0.15) is 4.70 Å². The summed E-state index contributed by atoms with van der Waals surface area (Å²) in [6, 6.07) is 4.06. The molecule has 0 saturated carbocycles. The van der Waals surface area contributed by atoms with Crippen LogP contribution in [0.5, 0.6) is 0 Å². The highest BCUT2D eigenvalue weighted by atomic mass is 79.9. The van der Waals surface area contributed by atoms with Crippen molar-refractivity contribution in [2.45, 2.75) is 6.92 Å². The Labute approximate surface area is 103 Å². The number of hydrogen-bond donors (Lipinski definition) is 1. The van der Waals surface area contributed by atoms with Crippen LogP contribution in [-0.2, 0) is 0 Å². The predicted molar refractivity (Wildman–Crippen MR) is 70.2 cm³/mol. The van der Waals surface area contributed by atoms with Crippen molar-refractivity contribution in [2.75, 3.05) is 0 Å². The molecule has 5 heteroatoms. The van der Waals surface area contributed by atoms with Gasteiger partial charge >= 0.3 is 0 Å². The predicted octanol–water partition coefficient (Wildman–Crippen LogP) is 3.21. The molecule has 16 heavy (non-hydrogen) atoms. The molecule has 1 aromatic carbocycles. The average Bonchev–Trinajstić information content (AvgIpc) is 2.59. The Morgan fingerprint density at radius 1 is 1.38 bits per heavy atom. The molecule has 0 bridgehead atoms. The van der Waals surface area contributed by atoms with Crippen LogP contribution in [0.4, 0.5) is 0 Å². The van der Waals surface area contributed by atoms with Gasteiger partial charge in [-0.15, -0.1) is 11.3 Å². The Morgan fingerprint density at radius 3 is 3.00 bits per heavy atom. The van der Waals surface area contributed by atoms with Crippen molar-refractivity contribution in [1.29, 1.82) is 0 Å². The number of H-pyrrole nitrogens is 1. The van der Waals surface area contributed by atoms with Gasteiger partial charge in [-0.05, 0) is 24.6 Å². The maximum Gasteiger partial charge on any atom is 0.268 e. The molecule has 80 valence electrons. The van der Waals surface area contributed by atoms with Gasteiger partial charge in [0.05, 0.1) is 11.8 Å². The summed E-state index contributed by atoms with van der Waals surface area (Å²) in [5.41, 5.74) is 1.88. The van der Waals surface area contributed by atoms with Gasteiger partial charge in [0.25, 0.3) is 5.56 Å². The van der Waals surface area contributed by atoms with E-state index in [2.05, 4.69) is 25.9 Å². The van der Waals surface area contributed by atoms with Gasteiger partial charge < -0.3 is 4.98 Å². The molecule has 0 radical (unpaired) electrons. The van der Waals surface area contributed by atoms with Gasteiger partial charge in [0, 0.05) is 14.6 Å². The number of hydrogen-bond acceptors (Lipinski definition) is 3. The molecule has 0 spiro atoms. The zero-order valence-electron chi connectivity index (χ0n) is 8.37. The van der Waals surface area contributed by atoms with Gasteiger partial charge in [-0.25, -0.2) is 4.98 Å². The Balaban J connectivity index is 2.66. The van der Waals surface area contributed by atoms with E-state index in [0.29, 0.717) is 4.70 Å². The second-order valence-corrected chi connectivity index (χ2v) is 5.55. The number of aromatic amines is 1. The van der Waals surface area contributed by atoms with E-state index in [1.54, 1.807) is 0 Å². The first-order valence-electron chi connectivity index (χ1n) is 4.73. The molecule has 0 saturated heterocycles. The van der Waals surface area contributed by atoms with Crippen molar-refractivity contribution >= 4 is 47.6 Å². The summed E-state index contributed by atoms with van der Waals surface area (Å²) in [7, 11) is 0. The Bertz CT molecular complexity index is 760. The van der Waals surface area contributed by atoms with E-state index in [1.807, 2.05) is 19.1 Å². The van der Waals surface area contributed by atoms with E-state index in [0.717, 1.165) is 25.6 Å². The number of thiophene rings is 1. The van der Waals surface area contributed by atoms with Crippen molar-refractivity contribution in [2.24, 2.45) is 0 Å². The zero-order chi connectivity index (χ0) is 11.3. The minimum absolute atomic E-state index is 0.0678. The second-order valence-electron chi connectivity index (χ2n) is 3.61. The summed E-state index contributed by atoms with van der Waals surface area (Å²) < 4.78 is 2.83. The molecule has 0 fully saturated rings. The first-order chi connectivity index (χ1) is 7.66. The van der Waals surface area contributed by atoms with Gasteiger partial charge in [-0.2, -0.15) is 0 Å². The number of nitrogens with one attached hydrogen (secondary N) is 1. The molecule has 1 N–H and O–H groups in total. The van der Waals surface area contributed by atoms with Gasteiger partial charge in [0.15, 0.2) is 0 Å². The van der Waals surface area contributed by atoms with Crippen molar-refractivity contribution < 1.29 is 0 Å². The summed E-state index contributed by atoms with van der Waals surface area (Å²) >= 11 is 4.96. The van der Waals surface area contributed by atoms with E-state index in [4.69, 9.17) is 0 Å². The molecular weight excluding hydrogens is 288 g/mol. The van der Waals surface area contributed by atoms with Crippen LogP contribution in [0.2, 0.25) is 0 Å². The first kappa shape index (κ1) is 9.99. The summed E-state index contributed by atoms with van der Waals surface area (Å²) in [6.07, 6.45) is 1.45. The molecule has 3 nitrogen and oxygen atoms in total. The maximum absolute atomic E-state index is 11.6. The van der Waals surface area contributed by atoms with E-state index in [-0.39, 0.29) is 5.56 Å². The fraction of sp³-hybridized carbons (Fsp3) is 0.0909. The molecule has 0 aliphatic carbocycles. The van der Waals surface area contributed by atoms with Crippen LogP contribution in [0.15, 0.2) is 27.7 Å². The van der Waals surface area contributed by atoms with E-state index >= 15 is 0 Å². The third kappa shape index (κ3) is 1.32. The SMILES string of the molecule is Cc1cc(Br)cc2c1sc1c(=O)[nH]cnc12. The van der Waals surface area contributed by atoms with Crippen LogP contribution < -0.4 is 5.56 Å². The average molecular weight is 295 g/mol. The minimum atomic E-state index is -0.0678. The van der Waals surface area contributed by atoms with Crippen molar-refractivity contribution in [1.82, 2.24) is 9.97 Å². The molecule has 0 atom stereocenters. The topological polar surface area (TPSA) is 45.8 Å². The standard InChI is InChI=1S/C11H7BrN2OS/c1-5-2-6(12)3-7-8-10(16-9(5)7)11(15)14-4-13-8/h2-4H,1H3,(H,13,14,15). The summed E-state index contributed by atoms with van der Waals surface area (Å²) in [5, 5.41) is 1.04. The van der Waals surface area contributed by atoms with E-state index in [9.17, 15) is 4.79 Å². The fourth-order valence-electron chi connectivity index (χ4n) is 1.82. The summed E-state index contributed by atoms with van der Waals surface area (Å²) in [4.78, 5) is 18.5. The molecule has 3 aromatic rings. The number of aromatic nitrogens is 2. The van der Waals surface area contributed by atoms with Gasteiger partial charge in [0.2, 0.25) is 0 Å². The third-order valence-electron chi connectivity index (χ3n) is 2.51. The number of rotatable bonds is 0. The third-order valence-corrected chi connectivity index (χ3v) is 4.30. The molecular formula is C11H7BrN2OS. The maximum atomic E-state index is 11.6. The monoisotopic (exact) mass is 294 g/mol. The smallest absolute Gasteiger partial charge is 0.268 e. The fourth-order valence-corrected chi connectivity index (χ4v) is 3.49. The van der Waals surface area contributed by atoms with Crippen molar-refractivity contribution in [3.05, 3.63) is 38.9 Å². The molecule has 3 rings (SSSR count). The first-order valence-corrected chi connectivity index (χ1v) is 6.34. The molecule has 0 aliphatic heterocycles. The van der Waals surface area contributed by atoms with Gasteiger partial charge in [-0.3, -0.25) is 4.79 Å². The highest BCUT2D eigenvalue weighted by Crippen LogP contribution is 2.34. The number of benzene rings is 1. The van der Waals surface area contributed by atoms with Crippen LogP contribution in [0.3, 0.4) is 0 Å². The Hall–Kier alpha value is -1.20. The number of fused-ring (bicyclic) bond motifs is 3. The number of nitrogens with zero attached hydrogens (tertiary/aromatic N) is 1. The van der Waals surface area contributed by atoms with Crippen LogP contribution in [0.25, 0.3) is 20.3 Å². The van der Waals surface area contributed by atoms with E-state index in [1.165, 1.54) is 17.7 Å². The quantitative estimate of drug-likeness (QED) is 0.692. The normalized spacial score (nSPS) is 11.4. The molecule has 0 aliphatic rings. The summed E-state index contributed by atoms with van der Waals surface area (Å²) in [6.45, 7) is 2.04. The number of halogens is 1. The van der Waals surface area contributed by atoms with Crippen LogP contribution >= 0.6 is 27.3 Å². The van der Waals surface area contributed by atoms with Gasteiger partial charge in [-0.1, -0.05) is 15.9 Å². The lowest BCUT2D eigenvalue weighted by Crippen LogP contribution is -2.03.